The van der Waals surface area contributed by atoms with Gasteiger partial charge in [0.1, 0.15) is 35.5 Å². The summed E-state index contributed by atoms with van der Waals surface area (Å²) in [5.41, 5.74) is -0.316. The molecule has 0 saturated carbocycles. The molecule has 3 aromatic carbocycles. The van der Waals surface area contributed by atoms with E-state index in [0.29, 0.717) is 36.6 Å². The Hall–Kier alpha value is -6.60. The second-order valence-corrected chi connectivity index (χ2v) is 20.7. The Balaban J connectivity index is 0.847. The summed E-state index contributed by atoms with van der Waals surface area (Å²) in [7, 11) is 0. The molecule has 15 nitrogen and oxygen atoms in total. The van der Waals surface area contributed by atoms with E-state index >= 15 is 4.39 Å². The smallest absolute Gasteiger partial charge is 0.420 e. The van der Waals surface area contributed by atoms with E-state index in [2.05, 4.69) is 33.2 Å². The first-order valence-corrected chi connectivity index (χ1v) is 24.8. The molecule has 2 fully saturated rings. The van der Waals surface area contributed by atoms with Crippen LogP contribution >= 0.6 is 24.0 Å². The molecule has 2 aliphatic rings. The molecule has 1 unspecified atom stereocenters. The summed E-state index contributed by atoms with van der Waals surface area (Å²) in [4.78, 5) is 67.8. The van der Waals surface area contributed by atoms with E-state index < -0.39 is 87.1 Å². The number of benzene rings is 3. The number of nitrogens with one attached hydrogen (secondary N) is 2. The quantitative estimate of drug-likeness (QED) is 0.0401. The minimum atomic E-state index is -5.18. The molecular formula is C52H56F4N8O7S2. The zero-order valence-corrected chi connectivity index (χ0v) is 42.7. The van der Waals surface area contributed by atoms with Crippen LogP contribution in [-0.4, -0.2) is 99.2 Å². The molecule has 73 heavy (non-hydrogen) atoms. The van der Waals surface area contributed by atoms with Gasteiger partial charge in [0.15, 0.2) is 11.3 Å². The number of aliphatic hydroxyl groups is 1. The average Bonchev–Trinajstić information content (AvgIpc) is 4.01. The summed E-state index contributed by atoms with van der Waals surface area (Å²) < 4.78 is 68.4. The van der Waals surface area contributed by atoms with Crippen LogP contribution < -0.4 is 25.2 Å². The number of thiol groups is 1. The lowest BCUT2D eigenvalue weighted by Crippen LogP contribution is -2.58. The van der Waals surface area contributed by atoms with Crippen LogP contribution in [0.15, 0.2) is 84.5 Å². The van der Waals surface area contributed by atoms with Crippen LogP contribution in [0.4, 0.5) is 28.9 Å². The van der Waals surface area contributed by atoms with Crippen molar-refractivity contribution in [2.24, 2.45) is 5.41 Å². The molecule has 0 bridgehead atoms. The molecule has 386 valence electrons. The topological polar surface area (TPSA) is 190 Å². The number of thiazole rings is 1. The monoisotopic (exact) mass is 1040 g/mol. The van der Waals surface area contributed by atoms with Gasteiger partial charge in [0.25, 0.3) is 5.91 Å². The van der Waals surface area contributed by atoms with Crippen molar-refractivity contribution < 1.29 is 51.3 Å². The molecule has 4 heterocycles. The predicted octanol–water partition coefficient (Wildman–Crippen LogP) is 8.04. The van der Waals surface area contributed by atoms with Crippen LogP contribution in [0, 0.1) is 29.5 Å². The second kappa shape index (κ2) is 22.3. The minimum absolute atomic E-state index is 0.0454. The Labute approximate surface area is 429 Å². The summed E-state index contributed by atoms with van der Waals surface area (Å²) in [6, 6.07) is 19.5. The molecule has 3 N–H and O–H groups in total. The van der Waals surface area contributed by atoms with Gasteiger partial charge in [0.05, 0.1) is 63.7 Å². The average molecular weight is 1050 g/mol. The number of aryl methyl sites for hydroxylation is 1. The number of carbonyl (C=O) groups excluding carboxylic acids is 4. The third-order valence-electron chi connectivity index (χ3n) is 12.7. The van der Waals surface area contributed by atoms with Crippen LogP contribution in [-0.2, 0) is 36.6 Å². The number of hydrogen-bond acceptors (Lipinski definition) is 13. The molecule has 0 radical (unpaired) electrons. The second-order valence-electron chi connectivity index (χ2n) is 19.4. The van der Waals surface area contributed by atoms with Gasteiger partial charge in [-0.15, -0.1) is 24.0 Å². The van der Waals surface area contributed by atoms with Crippen molar-refractivity contribution >= 4 is 59.0 Å². The van der Waals surface area contributed by atoms with Gasteiger partial charge < -0.3 is 35.0 Å². The SMILES string of the molecule is Cc1ncsc1-c1ccc(CNC(=O)[C@@H]2C[C@H](O)CN2C(=O)[C@@H](NC(=O)COCCCCOc2ccc(-c3ccc(N4C(S)N(c5ccc(C#N)c(C(F)(F)F)c5F)C(=O)C4(C)C)cn3)cc2)C(C)(C)C)cc1. The largest absolute Gasteiger partial charge is 0.494 e. The normalized spacial score (nSPS) is 18.2. The van der Waals surface area contributed by atoms with Crippen LogP contribution in [0.2, 0.25) is 0 Å². The van der Waals surface area contributed by atoms with Gasteiger partial charge in [-0.3, -0.25) is 29.1 Å². The highest BCUT2D eigenvalue weighted by Gasteiger charge is 2.53. The number of pyridine rings is 1. The number of amides is 4. The fraction of sp³-hybridized carbons (Fsp3) is 0.404. The van der Waals surface area contributed by atoms with Crippen molar-refractivity contribution in [1.29, 1.82) is 5.26 Å². The number of rotatable bonds is 17. The number of aromatic nitrogens is 2. The molecule has 2 aromatic heterocycles. The fourth-order valence-corrected chi connectivity index (χ4v) is 10.2. The highest BCUT2D eigenvalue weighted by atomic mass is 32.1. The number of alkyl halides is 3. The number of hydrogen-bond donors (Lipinski definition) is 4. The summed E-state index contributed by atoms with van der Waals surface area (Å²) in [5, 5.41) is 25.5. The van der Waals surface area contributed by atoms with Crippen molar-refractivity contribution in [2.45, 2.75) is 103 Å². The van der Waals surface area contributed by atoms with E-state index in [1.54, 1.807) is 53.2 Å². The van der Waals surface area contributed by atoms with Crippen molar-refractivity contribution in [1.82, 2.24) is 25.5 Å². The molecule has 4 atom stereocenters. The number of carbonyl (C=O) groups is 4. The maximum Gasteiger partial charge on any atom is 0.420 e. The van der Waals surface area contributed by atoms with Crippen molar-refractivity contribution in [3.05, 3.63) is 113 Å². The third-order valence-corrected chi connectivity index (χ3v) is 14.1. The zero-order chi connectivity index (χ0) is 53.0. The fourth-order valence-electron chi connectivity index (χ4n) is 8.78. The maximum absolute atomic E-state index is 15.5. The van der Waals surface area contributed by atoms with Gasteiger partial charge in [0, 0.05) is 31.7 Å². The van der Waals surface area contributed by atoms with Crippen LogP contribution in [0.25, 0.3) is 21.7 Å². The number of nitrogens with zero attached hydrogens (tertiary/aromatic N) is 6. The lowest BCUT2D eigenvalue weighted by atomic mass is 9.85. The summed E-state index contributed by atoms with van der Waals surface area (Å²) in [5.74, 6) is -3.23. The molecule has 2 saturated heterocycles. The van der Waals surface area contributed by atoms with E-state index in [4.69, 9.17) is 9.47 Å². The Morgan fingerprint density at radius 3 is 2.29 bits per heavy atom. The molecule has 21 heteroatoms. The maximum atomic E-state index is 15.5. The van der Waals surface area contributed by atoms with E-state index in [-0.39, 0.29) is 32.7 Å². The van der Waals surface area contributed by atoms with Crippen LogP contribution in [0.1, 0.15) is 76.3 Å². The van der Waals surface area contributed by atoms with Gasteiger partial charge in [-0.05, 0) is 98.7 Å². The highest BCUT2D eigenvalue weighted by molar-refractivity contribution is 7.81. The van der Waals surface area contributed by atoms with Crippen LogP contribution in [0.3, 0.4) is 0 Å². The van der Waals surface area contributed by atoms with Crippen LogP contribution in [0.5, 0.6) is 5.75 Å². The van der Waals surface area contributed by atoms with Crippen molar-refractivity contribution in [3.8, 4) is 33.5 Å². The van der Waals surface area contributed by atoms with Gasteiger partial charge in [-0.2, -0.15) is 18.4 Å². The molecule has 5 aromatic rings. The van der Waals surface area contributed by atoms with Gasteiger partial charge in [0.2, 0.25) is 17.7 Å². The standard InChI is InChI=1S/C52H56F4N8O7S2/c1-30-44(73-29-60-30)33-11-9-31(10-12-33)25-59-46(67)40-23-36(65)27-62(40)47(68)45(50(2,3)4)61-41(66)28-70-21-7-8-22-71-37-17-13-32(14-18-37)38-19-16-35(26-58-38)64-49(72)63(48(69)51(64,5)6)39-20-15-34(24-57)42(43(39)53)52(54,55)56/h9-20,26,29,36,40,45,49,65,72H,7-8,21-23,25,27-28H2,1-6H3,(H,59,67)(H,61,66)/t36-,40-,45+,49?/m0/s1. The number of β-amino-alcohol motifs (C(OH)–C–C–N with tert-alkyl or cyclic N) is 1. The van der Waals surface area contributed by atoms with E-state index in [1.807, 2.05) is 52.0 Å². The van der Waals surface area contributed by atoms with Crippen molar-refractivity contribution in [2.75, 3.05) is 36.2 Å². The lowest BCUT2D eigenvalue weighted by Gasteiger charge is -2.35. The first kappa shape index (κ1) is 54.2. The number of nitriles is 1. The van der Waals surface area contributed by atoms with Gasteiger partial charge in [-0.25, -0.2) is 9.37 Å². The predicted molar refractivity (Wildman–Crippen MR) is 270 cm³/mol. The third kappa shape index (κ3) is 12.1. The van der Waals surface area contributed by atoms with E-state index in [1.165, 1.54) is 35.9 Å². The number of likely N-dealkylation sites (tertiary alicyclic amines) is 1. The molecule has 2 aliphatic heterocycles. The van der Waals surface area contributed by atoms with E-state index in [0.717, 1.165) is 44.3 Å². The van der Waals surface area contributed by atoms with E-state index in [9.17, 15) is 42.7 Å². The highest BCUT2D eigenvalue weighted by Crippen LogP contribution is 2.44. The Bertz CT molecular complexity index is 2850. The molecule has 4 amide bonds. The number of halogens is 4. The minimum Gasteiger partial charge on any atom is -0.494 e. The first-order valence-electron chi connectivity index (χ1n) is 23.4. The first-order chi connectivity index (χ1) is 34.5. The Morgan fingerprint density at radius 1 is 0.986 bits per heavy atom. The Kier molecular flexibility index (Phi) is 16.5. The Morgan fingerprint density at radius 2 is 1.67 bits per heavy atom. The molecular weight excluding hydrogens is 989 g/mol. The number of aliphatic hydroxyl groups excluding tert-OH is 1. The number of unbranched alkanes of at least 4 members (excludes halogenated alkanes) is 1. The lowest BCUT2D eigenvalue weighted by molar-refractivity contribution is -0.144. The summed E-state index contributed by atoms with van der Waals surface area (Å²) in [6.07, 6.45) is -3.35. The zero-order valence-electron chi connectivity index (χ0n) is 41.0. The van der Waals surface area contributed by atoms with Gasteiger partial charge >= 0.3 is 6.18 Å². The summed E-state index contributed by atoms with van der Waals surface area (Å²) >= 11 is 6.09. The molecule has 7 rings (SSSR count). The molecule has 0 aliphatic carbocycles. The summed E-state index contributed by atoms with van der Waals surface area (Å²) in [6.45, 7) is 10.9. The number of anilines is 2. The molecule has 0 spiro atoms. The number of ether oxygens (including phenoxy) is 2. The van der Waals surface area contributed by atoms with Gasteiger partial charge in [-0.1, -0.05) is 45.0 Å². The van der Waals surface area contributed by atoms with Crippen molar-refractivity contribution in [3.63, 3.8) is 0 Å².